The summed E-state index contributed by atoms with van der Waals surface area (Å²) in [5.41, 5.74) is 7.43. The number of nitrogen functional groups attached to an aromatic ring is 1. The van der Waals surface area contributed by atoms with Crippen LogP contribution in [-0.4, -0.2) is 47.3 Å². The topological polar surface area (TPSA) is 56.3 Å². The molecule has 5 nitrogen and oxygen atoms in total. The second kappa shape index (κ2) is 5.76. The van der Waals surface area contributed by atoms with Crippen molar-refractivity contribution in [1.82, 2.24) is 14.5 Å². The van der Waals surface area contributed by atoms with E-state index < -0.39 is 0 Å². The van der Waals surface area contributed by atoms with Crippen molar-refractivity contribution in [2.75, 3.05) is 38.6 Å². The molecule has 0 aliphatic carbocycles. The van der Waals surface area contributed by atoms with Crippen LogP contribution in [0.15, 0.2) is 18.2 Å². The van der Waals surface area contributed by atoms with E-state index >= 15 is 0 Å². The maximum atomic E-state index is 13.3. The Balaban J connectivity index is 1.67. The number of hydrogen-bond donors (Lipinski definition) is 1. The number of rotatable bonds is 4. The van der Waals surface area contributed by atoms with Gasteiger partial charge in [-0.25, -0.2) is 9.37 Å². The Morgan fingerprint density at radius 3 is 2.85 bits per heavy atom. The normalized spacial score (nSPS) is 16.9. The zero-order valence-electron chi connectivity index (χ0n) is 11.4. The number of fused-ring (bicyclic) bond motifs is 1. The van der Waals surface area contributed by atoms with Gasteiger partial charge in [0.25, 0.3) is 0 Å². The average molecular weight is 278 g/mol. The van der Waals surface area contributed by atoms with E-state index in [0.717, 1.165) is 56.8 Å². The summed E-state index contributed by atoms with van der Waals surface area (Å²) in [5.74, 6) is 0.194. The number of anilines is 1. The molecule has 3 rings (SSSR count). The van der Waals surface area contributed by atoms with Crippen LogP contribution in [0, 0.1) is 5.82 Å². The third-order valence-corrected chi connectivity index (χ3v) is 3.70. The second-order valence-corrected chi connectivity index (χ2v) is 5.06. The van der Waals surface area contributed by atoms with Crippen LogP contribution in [0.25, 0.3) is 11.0 Å². The number of benzene rings is 1. The Kier molecular flexibility index (Phi) is 3.84. The largest absolute Gasteiger partial charge is 0.379 e. The first-order valence-corrected chi connectivity index (χ1v) is 6.95. The van der Waals surface area contributed by atoms with Gasteiger partial charge in [-0.1, -0.05) is 0 Å². The molecule has 1 aromatic carbocycles. The minimum absolute atomic E-state index is 0.258. The van der Waals surface area contributed by atoms with Crippen LogP contribution in [0.1, 0.15) is 6.42 Å². The van der Waals surface area contributed by atoms with Gasteiger partial charge in [0.2, 0.25) is 5.95 Å². The molecule has 2 aromatic rings. The molecule has 1 fully saturated rings. The Labute approximate surface area is 117 Å². The highest BCUT2D eigenvalue weighted by Gasteiger charge is 2.12. The Morgan fingerprint density at radius 1 is 1.25 bits per heavy atom. The predicted molar refractivity (Wildman–Crippen MR) is 76.0 cm³/mol. The minimum atomic E-state index is -0.258. The molecule has 2 N–H and O–H groups in total. The zero-order valence-corrected chi connectivity index (χ0v) is 11.4. The number of nitrogens with zero attached hydrogens (tertiary/aromatic N) is 3. The van der Waals surface area contributed by atoms with Gasteiger partial charge in [0, 0.05) is 26.2 Å². The number of ether oxygens (including phenoxy) is 1. The van der Waals surface area contributed by atoms with Gasteiger partial charge >= 0.3 is 0 Å². The van der Waals surface area contributed by atoms with Crippen molar-refractivity contribution in [1.29, 1.82) is 0 Å². The van der Waals surface area contributed by atoms with Gasteiger partial charge in [-0.15, -0.1) is 0 Å². The van der Waals surface area contributed by atoms with Crippen LogP contribution in [0.4, 0.5) is 10.3 Å². The van der Waals surface area contributed by atoms with Gasteiger partial charge in [-0.3, -0.25) is 4.90 Å². The van der Waals surface area contributed by atoms with Gasteiger partial charge in [0.15, 0.2) is 0 Å². The first-order valence-electron chi connectivity index (χ1n) is 6.95. The van der Waals surface area contributed by atoms with Crippen LogP contribution >= 0.6 is 0 Å². The van der Waals surface area contributed by atoms with Gasteiger partial charge in [-0.05, 0) is 24.6 Å². The molecule has 0 amide bonds. The molecule has 1 aliphatic rings. The molecule has 1 saturated heterocycles. The van der Waals surface area contributed by atoms with Crippen molar-refractivity contribution >= 4 is 17.0 Å². The molecular weight excluding hydrogens is 259 g/mol. The first-order chi connectivity index (χ1) is 9.74. The molecule has 0 saturated carbocycles. The van der Waals surface area contributed by atoms with Crippen LogP contribution in [0.5, 0.6) is 0 Å². The number of aryl methyl sites for hydroxylation is 1. The van der Waals surface area contributed by atoms with E-state index in [0.29, 0.717) is 5.95 Å². The van der Waals surface area contributed by atoms with Crippen molar-refractivity contribution < 1.29 is 9.13 Å². The van der Waals surface area contributed by atoms with Crippen LogP contribution in [-0.2, 0) is 11.3 Å². The molecule has 1 aromatic heterocycles. The van der Waals surface area contributed by atoms with Crippen LogP contribution in [0.3, 0.4) is 0 Å². The number of hydrogen-bond acceptors (Lipinski definition) is 4. The summed E-state index contributed by atoms with van der Waals surface area (Å²) in [7, 11) is 0. The molecule has 20 heavy (non-hydrogen) atoms. The molecule has 1 aliphatic heterocycles. The van der Waals surface area contributed by atoms with Crippen molar-refractivity contribution in [3.8, 4) is 0 Å². The SMILES string of the molecule is Nc1nc2ccc(F)cc2n1CCCN1CCOCC1. The highest BCUT2D eigenvalue weighted by molar-refractivity contribution is 5.78. The number of nitrogens with two attached hydrogens (primary N) is 1. The smallest absolute Gasteiger partial charge is 0.201 e. The Morgan fingerprint density at radius 2 is 2.05 bits per heavy atom. The van der Waals surface area contributed by atoms with Crippen LogP contribution in [0.2, 0.25) is 0 Å². The molecule has 2 heterocycles. The van der Waals surface area contributed by atoms with Crippen molar-refractivity contribution in [3.63, 3.8) is 0 Å². The van der Waals surface area contributed by atoms with Gasteiger partial charge in [0.05, 0.1) is 24.2 Å². The molecule has 0 spiro atoms. The van der Waals surface area contributed by atoms with E-state index in [-0.39, 0.29) is 5.82 Å². The summed E-state index contributed by atoms with van der Waals surface area (Å²) in [4.78, 5) is 6.63. The van der Waals surface area contributed by atoms with Crippen LogP contribution < -0.4 is 5.73 Å². The predicted octanol–water partition coefficient (Wildman–Crippen LogP) is 1.48. The molecule has 6 heteroatoms. The maximum absolute atomic E-state index is 13.3. The number of imidazole rings is 1. The Bertz CT molecular complexity index is 592. The van der Waals surface area contributed by atoms with E-state index in [1.165, 1.54) is 12.1 Å². The van der Waals surface area contributed by atoms with Crippen molar-refractivity contribution in [2.45, 2.75) is 13.0 Å². The summed E-state index contributed by atoms with van der Waals surface area (Å²) >= 11 is 0. The fraction of sp³-hybridized carbons (Fsp3) is 0.500. The fourth-order valence-electron chi connectivity index (χ4n) is 2.63. The highest BCUT2D eigenvalue weighted by atomic mass is 19.1. The third kappa shape index (κ3) is 2.76. The average Bonchev–Trinajstić information content (AvgIpc) is 2.76. The van der Waals surface area contributed by atoms with E-state index in [1.54, 1.807) is 6.07 Å². The molecular formula is C14H19FN4O. The summed E-state index contributed by atoms with van der Waals surface area (Å²) < 4.78 is 20.5. The zero-order chi connectivity index (χ0) is 13.9. The number of halogens is 1. The van der Waals surface area contributed by atoms with Gasteiger partial charge in [-0.2, -0.15) is 0 Å². The summed E-state index contributed by atoms with van der Waals surface area (Å²) in [6.45, 7) is 5.33. The molecule has 108 valence electrons. The lowest BCUT2D eigenvalue weighted by Crippen LogP contribution is -2.37. The third-order valence-electron chi connectivity index (χ3n) is 3.70. The number of morpholine rings is 1. The monoisotopic (exact) mass is 278 g/mol. The quantitative estimate of drug-likeness (QED) is 0.920. The lowest BCUT2D eigenvalue weighted by atomic mass is 10.3. The summed E-state index contributed by atoms with van der Waals surface area (Å²) in [6.07, 6.45) is 0.964. The molecule has 0 atom stereocenters. The van der Waals surface area contributed by atoms with Gasteiger partial charge < -0.3 is 15.0 Å². The van der Waals surface area contributed by atoms with E-state index in [4.69, 9.17) is 10.5 Å². The van der Waals surface area contributed by atoms with E-state index in [9.17, 15) is 4.39 Å². The Hall–Kier alpha value is -1.66. The maximum Gasteiger partial charge on any atom is 0.201 e. The first kappa shape index (κ1) is 13.3. The van der Waals surface area contributed by atoms with E-state index in [2.05, 4.69) is 9.88 Å². The van der Waals surface area contributed by atoms with E-state index in [1.807, 2.05) is 4.57 Å². The molecule has 0 bridgehead atoms. The van der Waals surface area contributed by atoms with Crippen molar-refractivity contribution in [2.24, 2.45) is 0 Å². The summed E-state index contributed by atoms with van der Waals surface area (Å²) in [5, 5.41) is 0. The highest BCUT2D eigenvalue weighted by Crippen LogP contribution is 2.19. The van der Waals surface area contributed by atoms with Crippen molar-refractivity contribution in [3.05, 3.63) is 24.0 Å². The molecule has 0 unspecified atom stereocenters. The lowest BCUT2D eigenvalue weighted by molar-refractivity contribution is 0.0370. The minimum Gasteiger partial charge on any atom is -0.379 e. The lowest BCUT2D eigenvalue weighted by Gasteiger charge is -2.26. The summed E-state index contributed by atoms with van der Waals surface area (Å²) in [6, 6.07) is 4.57. The van der Waals surface area contributed by atoms with Gasteiger partial charge in [0.1, 0.15) is 5.82 Å². The number of aromatic nitrogens is 2. The fourth-order valence-corrected chi connectivity index (χ4v) is 2.63. The molecule has 0 radical (unpaired) electrons. The standard InChI is InChI=1S/C14H19FN4O/c15-11-2-3-12-13(10-11)19(14(16)17-12)5-1-4-18-6-8-20-9-7-18/h2-3,10H,1,4-9H2,(H2,16,17). The second-order valence-electron chi connectivity index (χ2n) is 5.06.